The number of nitrogens with zero attached hydrogens (tertiary/aromatic N) is 1. The van der Waals surface area contributed by atoms with Gasteiger partial charge in [0.2, 0.25) is 0 Å². The molecule has 0 saturated carbocycles. The summed E-state index contributed by atoms with van der Waals surface area (Å²) in [6.07, 6.45) is 1.81. The molecule has 0 bridgehead atoms. The number of aryl methyl sites for hydroxylation is 1. The highest BCUT2D eigenvalue weighted by atomic mass is 16.3. The lowest BCUT2D eigenvalue weighted by atomic mass is 10.1. The van der Waals surface area contributed by atoms with Crippen LogP contribution in [0.1, 0.15) is 23.1 Å². The van der Waals surface area contributed by atoms with Crippen molar-refractivity contribution < 1.29 is 5.11 Å². The van der Waals surface area contributed by atoms with Crippen LogP contribution in [0.25, 0.3) is 0 Å². The highest BCUT2D eigenvalue weighted by Gasteiger charge is 2.09. The predicted molar refractivity (Wildman–Crippen MR) is 66.4 cm³/mol. The molecule has 0 amide bonds. The minimum Gasteiger partial charge on any atom is -0.394 e. The largest absolute Gasteiger partial charge is 0.394 e. The lowest BCUT2D eigenvalue weighted by Gasteiger charge is -2.15. The number of aliphatic hydroxyl groups is 1. The maximum atomic E-state index is 9.37. The van der Waals surface area contributed by atoms with Crippen molar-refractivity contribution in [3.63, 3.8) is 0 Å². The topological polar surface area (TPSA) is 60.9 Å². The van der Waals surface area contributed by atoms with Gasteiger partial charge in [-0.3, -0.25) is 0 Å². The number of benzene rings is 1. The highest BCUT2D eigenvalue weighted by Crippen LogP contribution is 2.12. The van der Waals surface area contributed by atoms with Crippen molar-refractivity contribution in [3.05, 3.63) is 53.6 Å². The Hall–Kier alpha value is -1.65. The van der Waals surface area contributed by atoms with Crippen LogP contribution in [0.2, 0.25) is 0 Å². The van der Waals surface area contributed by atoms with Gasteiger partial charge in [-0.1, -0.05) is 30.3 Å². The number of hydrogen-bond donors (Lipinski definition) is 3. The third-order valence-electron chi connectivity index (χ3n) is 2.68. The Morgan fingerprint density at radius 1 is 1.35 bits per heavy atom. The normalized spacial score (nSPS) is 12.6. The number of aliphatic hydroxyl groups excluding tert-OH is 1. The van der Waals surface area contributed by atoms with Crippen LogP contribution < -0.4 is 5.32 Å². The molecule has 0 aliphatic carbocycles. The van der Waals surface area contributed by atoms with Gasteiger partial charge in [0.15, 0.2) is 0 Å². The molecule has 1 aromatic carbocycles. The zero-order valence-corrected chi connectivity index (χ0v) is 9.85. The molecule has 17 heavy (non-hydrogen) atoms. The fourth-order valence-corrected chi connectivity index (χ4v) is 1.77. The molecule has 1 atom stereocenters. The average Bonchev–Trinajstić information content (AvgIpc) is 2.77. The summed E-state index contributed by atoms with van der Waals surface area (Å²) in [6.45, 7) is 2.67. The first kappa shape index (κ1) is 11.8. The third-order valence-corrected chi connectivity index (χ3v) is 2.68. The molecule has 0 saturated heterocycles. The SMILES string of the molecule is Cc1ncc(CN[C@@H](CO)c2ccccc2)[nH]1. The summed E-state index contributed by atoms with van der Waals surface area (Å²) >= 11 is 0. The van der Waals surface area contributed by atoms with Crippen molar-refractivity contribution in [1.29, 1.82) is 0 Å². The molecule has 3 N–H and O–H groups in total. The standard InChI is InChI=1S/C13H17N3O/c1-10-14-7-12(16-10)8-15-13(9-17)11-5-3-2-4-6-11/h2-7,13,15,17H,8-9H2,1H3,(H,14,16)/t13-/m0/s1. The van der Waals surface area contributed by atoms with E-state index < -0.39 is 0 Å². The lowest BCUT2D eigenvalue weighted by molar-refractivity contribution is 0.243. The minimum absolute atomic E-state index is 0.0418. The third kappa shape index (κ3) is 3.15. The molecule has 2 aromatic rings. The number of aromatic amines is 1. The second-order valence-electron chi connectivity index (χ2n) is 4.02. The molecule has 0 spiro atoms. The summed E-state index contributed by atoms with van der Waals surface area (Å²) in [7, 11) is 0. The van der Waals surface area contributed by atoms with E-state index in [1.54, 1.807) is 0 Å². The molecule has 1 heterocycles. The first-order valence-corrected chi connectivity index (χ1v) is 5.69. The van der Waals surface area contributed by atoms with Gasteiger partial charge in [0.1, 0.15) is 5.82 Å². The number of imidazole rings is 1. The number of rotatable bonds is 5. The van der Waals surface area contributed by atoms with Gasteiger partial charge in [-0.05, 0) is 12.5 Å². The van der Waals surface area contributed by atoms with Crippen LogP contribution in [0.3, 0.4) is 0 Å². The summed E-state index contributed by atoms with van der Waals surface area (Å²) in [5.74, 6) is 0.905. The van der Waals surface area contributed by atoms with E-state index in [9.17, 15) is 5.11 Å². The monoisotopic (exact) mass is 231 g/mol. The van der Waals surface area contributed by atoms with Gasteiger partial charge < -0.3 is 15.4 Å². The number of aromatic nitrogens is 2. The fraction of sp³-hybridized carbons (Fsp3) is 0.308. The summed E-state index contributed by atoms with van der Waals surface area (Å²) < 4.78 is 0. The molecular weight excluding hydrogens is 214 g/mol. The van der Waals surface area contributed by atoms with Crippen LogP contribution in [-0.2, 0) is 6.54 Å². The van der Waals surface area contributed by atoms with Crippen molar-refractivity contribution in [2.45, 2.75) is 19.5 Å². The van der Waals surface area contributed by atoms with Gasteiger partial charge in [0.05, 0.1) is 12.6 Å². The first-order valence-electron chi connectivity index (χ1n) is 5.69. The summed E-state index contributed by atoms with van der Waals surface area (Å²) in [5.41, 5.74) is 2.11. The zero-order valence-electron chi connectivity index (χ0n) is 9.85. The van der Waals surface area contributed by atoms with Gasteiger partial charge in [-0.25, -0.2) is 4.98 Å². The Labute approximate surface area is 101 Å². The molecule has 0 aliphatic heterocycles. The van der Waals surface area contributed by atoms with Crippen molar-refractivity contribution in [2.75, 3.05) is 6.61 Å². The van der Waals surface area contributed by atoms with E-state index in [1.165, 1.54) is 0 Å². The van der Waals surface area contributed by atoms with E-state index in [2.05, 4.69) is 15.3 Å². The highest BCUT2D eigenvalue weighted by molar-refractivity contribution is 5.19. The maximum absolute atomic E-state index is 9.37. The predicted octanol–water partition coefficient (Wildman–Crippen LogP) is 1.54. The van der Waals surface area contributed by atoms with Crippen LogP contribution >= 0.6 is 0 Å². The summed E-state index contributed by atoms with van der Waals surface area (Å²) in [6, 6.07) is 9.88. The summed E-state index contributed by atoms with van der Waals surface area (Å²) in [5, 5.41) is 12.7. The Morgan fingerprint density at radius 2 is 2.12 bits per heavy atom. The van der Waals surface area contributed by atoms with E-state index in [-0.39, 0.29) is 12.6 Å². The molecule has 2 rings (SSSR count). The Morgan fingerprint density at radius 3 is 2.71 bits per heavy atom. The Kier molecular flexibility index (Phi) is 3.90. The molecule has 0 fully saturated rings. The molecule has 1 aromatic heterocycles. The molecule has 90 valence electrons. The van der Waals surface area contributed by atoms with Crippen LogP contribution in [0.4, 0.5) is 0 Å². The van der Waals surface area contributed by atoms with Crippen molar-refractivity contribution >= 4 is 0 Å². The van der Waals surface area contributed by atoms with Gasteiger partial charge in [0, 0.05) is 18.4 Å². The van der Waals surface area contributed by atoms with Gasteiger partial charge in [-0.15, -0.1) is 0 Å². The molecular formula is C13H17N3O. The first-order chi connectivity index (χ1) is 8.29. The number of nitrogens with one attached hydrogen (secondary N) is 2. The van der Waals surface area contributed by atoms with E-state index in [4.69, 9.17) is 0 Å². The van der Waals surface area contributed by atoms with Crippen LogP contribution in [0.15, 0.2) is 36.5 Å². The number of hydrogen-bond acceptors (Lipinski definition) is 3. The lowest BCUT2D eigenvalue weighted by Crippen LogP contribution is -2.24. The fourth-order valence-electron chi connectivity index (χ4n) is 1.77. The molecule has 0 aliphatic rings. The van der Waals surface area contributed by atoms with Crippen LogP contribution in [-0.4, -0.2) is 21.7 Å². The van der Waals surface area contributed by atoms with Crippen molar-refractivity contribution in [3.8, 4) is 0 Å². The van der Waals surface area contributed by atoms with E-state index in [0.717, 1.165) is 17.1 Å². The zero-order chi connectivity index (χ0) is 12.1. The minimum atomic E-state index is -0.0418. The smallest absolute Gasteiger partial charge is 0.103 e. The quantitative estimate of drug-likeness (QED) is 0.731. The second-order valence-corrected chi connectivity index (χ2v) is 4.02. The van der Waals surface area contributed by atoms with E-state index in [0.29, 0.717) is 6.54 Å². The average molecular weight is 231 g/mol. The van der Waals surface area contributed by atoms with E-state index >= 15 is 0 Å². The van der Waals surface area contributed by atoms with Crippen molar-refractivity contribution in [2.24, 2.45) is 0 Å². The molecule has 4 nitrogen and oxygen atoms in total. The van der Waals surface area contributed by atoms with Gasteiger partial charge in [0.25, 0.3) is 0 Å². The molecule has 4 heteroatoms. The maximum Gasteiger partial charge on any atom is 0.103 e. The van der Waals surface area contributed by atoms with Crippen molar-refractivity contribution in [1.82, 2.24) is 15.3 Å². The Balaban J connectivity index is 1.97. The van der Waals surface area contributed by atoms with Gasteiger partial charge >= 0.3 is 0 Å². The van der Waals surface area contributed by atoms with Crippen LogP contribution in [0.5, 0.6) is 0 Å². The number of H-pyrrole nitrogens is 1. The van der Waals surface area contributed by atoms with Crippen LogP contribution in [0, 0.1) is 6.92 Å². The molecule has 0 radical (unpaired) electrons. The Bertz CT molecular complexity index is 453. The second kappa shape index (κ2) is 5.61. The van der Waals surface area contributed by atoms with Gasteiger partial charge in [-0.2, -0.15) is 0 Å². The van der Waals surface area contributed by atoms with E-state index in [1.807, 2.05) is 43.5 Å². The summed E-state index contributed by atoms with van der Waals surface area (Å²) in [4.78, 5) is 7.29. The molecule has 0 unspecified atom stereocenters.